The van der Waals surface area contributed by atoms with Crippen LogP contribution >= 0.6 is 15.9 Å². The fraction of sp³-hybridized carbons (Fsp3) is 0.357. The second kappa shape index (κ2) is 7.19. The molecule has 1 amide bonds. The molecule has 1 N–H and O–H groups in total. The summed E-state index contributed by atoms with van der Waals surface area (Å²) in [5.41, 5.74) is 0. The number of hydrogen-bond donors (Lipinski definition) is 1. The standard InChI is InChI=1S/C14H16BrNO4/c1-10(20-12-5-3-2-4-11(12)15)8-16-14(17)13-9-18-6-7-19-13/h2-5,9-10H,6-8H2,1H3,(H,16,17)/t10-/m1/s1. The zero-order chi connectivity index (χ0) is 14.4. The Balaban J connectivity index is 1.80. The zero-order valence-electron chi connectivity index (χ0n) is 11.1. The van der Waals surface area contributed by atoms with Gasteiger partial charge in [-0.3, -0.25) is 4.79 Å². The van der Waals surface area contributed by atoms with E-state index in [1.807, 2.05) is 31.2 Å². The minimum atomic E-state index is -0.299. The highest BCUT2D eigenvalue weighted by atomic mass is 79.9. The Bertz CT molecular complexity index is 504. The molecule has 0 saturated heterocycles. The van der Waals surface area contributed by atoms with E-state index >= 15 is 0 Å². The Kier molecular flexibility index (Phi) is 5.29. The molecule has 5 nitrogen and oxygen atoms in total. The fourth-order valence-corrected chi connectivity index (χ4v) is 1.99. The number of hydrogen-bond acceptors (Lipinski definition) is 4. The van der Waals surface area contributed by atoms with Gasteiger partial charge in [-0.25, -0.2) is 0 Å². The molecule has 108 valence electrons. The van der Waals surface area contributed by atoms with Crippen LogP contribution in [0.5, 0.6) is 5.75 Å². The average Bonchev–Trinajstić information content (AvgIpc) is 2.48. The molecular formula is C14H16BrNO4. The number of halogens is 1. The first-order chi connectivity index (χ1) is 9.66. The summed E-state index contributed by atoms with van der Waals surface area (Å²) in [6, 6.07) is 7.57. The smallest absolute Gasteiger partial charge is 0.289 e. The van der Waals surface area contributed by atoms with Crippen LogP contribution in [0.25, 0.3) is 0 Å². The van der Waals surface area contributed by atoms with E-state index in [1.165, 1.54) is 6.26 Å². The zero-order valence-corrected chi connectivity index (χ0v) is 12.7. The van der Waals surface area contributed by atoms with Crippen molar-refractivity contribution < 1.29 is 19.0 Å². The van der Waals surface area contributed by atoms with E-state index in [0.29, 0.717) is 19.8 Å². The lowest BCUT2D eigenvalue weighted by molar-refractivity contribution is -0.122. The third kappa shape index (κ3) is 4.16. The summed E-state index contributed by atoms with van der Waals surface area (Å²) < 4.78 is 16.8. The average molecular weight is 342 g/mol. The number of amides is 1. The molecule has 0 saturated carbocycles. The molecule has 0 radical (unpaired) electrons. The summed E-state index contributed by atoms with van der Waals surface area (Å²) in [6.45, 7) is 3.12. The quantitative estimate of drug-likeness (QED) is 0.892. The summed E-state index contributed by atoms with van der Waals surface area (Å²) in [6.07, 6.45) is 1.17. The predicted molar refractivity (Wildman–Crippen MR) is 77.2 cm³/mol. The third-order valence-electron chi connectivity index (χ3n) is 2.59. The molecule has 20 heavy (non-hydrogen) atoms. The lowest BCUT2D eigenvalue weighted by Crippen LogP contribution is -2.35. The molecule has 6 heteroatoms. The normalized spacial score (nSPS) is 15.4. The van der Waals surface area contributed by atoms with Crippen molar-refractivity contribution in [3.8, 4) is 5.75 Å². The number of carbonyl (C=O) groups excluding carboxylic acids is 1. The first-order valence-corrected chi connectivity index (χ1v) is 7.10. The number of rotatable bonds is 5. The van der Waals surface area contributed by atoms with Gasteiger partial charge in [0.05, 0.1) is 11.0 Å². The van der Waals surface area contributed by atoms with E-state index in [4.69, 9.17) is 14.2 Å². The van der Waals surface area contributed by atoms with E-state index < -0.39 is 0 Å². The van der Waals surface area contributed by atoms with Gasteiger partial charge in [-0.15, -0.1) is 0 Å². The second-order valence-corrected chi connectivity index (χ2v) is 5.12. The fourth-order valence-electron chi connectivity index (χ4n) is 1.61. The molecule has 0 bridgehead atoms. The molecular weight excluding hydrogens is 326 g/mol. The molecule has 1 atom stereocenters. The Hall–Kier alpha value is -1.69. The van der Waals surface area contributed by atoms with E-state index in [-0.39, 0.29) is 17.8 Å². The first kappa shape index (κ1) is 14.7. The van der Waals surface area contributed by atoms with Crippen molar-refractivity contribution in [3.63, 3.8) is 0 Å². The van der Waals surface area contributed by atoms with E-state index in [2.05, 4.69) is 21.2 Å². The van der Waals surface area contributed by atoms with Crippen LogP contribution in [0.1, 0.15) is 6.92 Å². The van der Waals surface area contributed by atoms with Gasteiger partial charge in [0.1, 0.15) is 31.3 Å². The molecule has 0 spiro atoms. The van der Waals surface area contributed by atoms with Gasteiger partial charge >= 0.3 is 0 Å². The summed E-state index contributed by atoms with van der Waals surface area (Å²) >= 11 is 3.41. The third-order valence-corrected chi connectivity index (χ3v) is 3.24. The lowest BCUT2D eigenvalue weighted by Gasteiger charge is -2.18. The second-order valence-electron chi connectivity index (χ2n) is 4.27. The van der Waals surface area contributed by atoms with Crippen molar-refractivity contribution in [2.24, 2.45) is 0 Å². The Labute approximate surface area is 126 Å². The Morgan fingerprint density at radius 3 is 2.95 bits per heavy atom. The predicted octanol–water partition coefficient (Wildman–Crippen LogP) is 2.22. The van der Waals surface area contributed by atoms with Crippen LogP contribution in [0.15, 0.2) is 40.8 Å². The van der Waals surface area contributed by atoms with Gasteiger partial charge in [-0.05, 0) is 35.0 Å². The Morgan fingerprint density at radius 2 is 2.25 bits per heavy atom. The van der Waals surface area contributed by atoms with Crippen molar-refractivity contribution in [2.75, 3.05) is 19.8 Å². The topological polar surface area (TPSA) is 56.8 Å². The molecule has 1 aliphatic heterocycles. The van der Waals surface area contributed by atoms with Crippen LogP contribution in [-0.2, 0) is 14.3 Å². The van der Waals surface area contributed by atoms with E-state index in [1.54, 1.807) is 0 Å². The van der Waals surface area contributed by atoms with E-state index in [0.717, 1.165) is 10.2 Å². The molecule has 1 aromatic carbocycles. The summed E-state index contributed by atoms with van der Waals surface area (Å²) in [5.74, 6) is 0.641. The van der Waals surface area contributed by atoms with Gasteiger partial charge in [0.25, 0.3) is 5.91 Å². The van der Waals surface area contributed by atoms with Gasteiger partial charge < -0.3 is 19.5 Å². The lowest BCUT2D eigenvalue weighted by atomic mass is 10.3. The number of nitrogens with one attached hydrogen (secondary N) is 1. The molecule has 0 fully saturated rings. The van der Waals surface area contributed by atoms with Crippen LogP contribution in [0.3, 0.4) is 0 Å². The van der Waals surface area contributed by atoms with Crippen molar-refractivity contribution >= 4 is 21.8 Å². The van der Waals surface area contributed by atoms with Gasteiger partial charge in [-0.2, -0.15) is 0 Å². The monoisotopic (exact) mass is 341 g/mol. The summed E-state index contributed by atoms with van der Waals surface area (Å²) in [7, 11) is 0. The van der Waals surface area contributed by atoms with Gasteiger partial charge in [0.2, 0.25) is 5.76 Å². The van der Waals surface area contributed by atoms with Crippen molar-refractivity contribution in [2.45, 2.75) is 13.0 Å². The number of carbonyl (C=O) groups is 1. The highest BCUT2D eigenvalue weighted by molar-refractivity contribution is 9.10. The van der Waals surface area contributed by atoms with Gasteiger partial charge in [0, 0.05) is 0 Å². The molecule has 2 rings (SSSR count). The molecule has 1 aromatic rings. The maximum Gasteiger partial charge on any atom is 0.289 e. The molecule has 0 aromatic heterocycles. The molecule has 0 aliphatic carbocycles. The van der Waals surface area contributed by atoms with E-state index in [9.17, 15) is 4.79 Å². The number of ether oxygens (including phenoxy) is 3. The number of benzene rings is 1. The van der Waals surface area contributed by atoms with Crippen molar-refractivity contribution in [3.05, 3.63) is 40.8 Å². The van der Waals surface area contributed by atoms with Crippen LogP contribution < -0.4 is 10.1 Å². The first-order valence-electron chi connectivity index (χ1n) is 6.31. The maximum atomic E-state index is 11.8. The molecule has 1 heterocycles. The van der Waals surface area contributed by atoms with Crippen molar-refractivity contribution in [1.82, 2.24) is 5.32 Å². The summed E-state index contributed by atoms with van der Waals surface area (Å²) in [5, 5.41) is 2.74. The maximum absolute atomic E-state index is 11.8. The number of para-hydroxylation sites is 1. The van der Waals surface area contributed by atoms with Gasteiger partial charge in [-0.1, -0.05) is 12.1 Å². The van der Waals surface area contributed by atoms with Crippen LogP contribution in [0.2, 0.25) is 0 Å². The molecule has 0 unspecified atom stereocenters. The van der Waals surface area contributed by atoms with Crippen molar-refractivity contribution in [1.29, 1.82) is 0 Å². The summed E-state index contributed by atoms with van der Waals surface area (Å²) in [4.78, 5) is 11.8. The minimum absolute atomic E-state index is 0.164. The largest absolute Gasteiger partial charge is 0.494 e. The highest BCUT2D eigenvalue weighted by Gasteiger charge is 2.16. The van der Waals surface area contributed by atoms with Crippen LogP contribution in [0, 0.1) is 0 Å². The van der Waals surface area contributed by atoms with Gasteiger partial charge in [0.15, 0.2) is 0 Å². The highest BCUT2D eigenvalue weighted by Crippen LogP contribution is 2.24. The molecule has 1 aliphatic rings. The SMILES string of the molecule is C[C@H](CNC(=O)C1=COCCO1)Oc1ccccc1Br. The minimum Gasteiger partial charge on any atom is -0.494 e. The Morgan fingerprint density at radius 1 is 1.45 bits per heavy atom. The van der Waals surface area contributed by atoms with Crippen LogP contribution in [0.4, 0.5) is 0 Å². The van der Waals surface area contributed by atoms with Crippen LogP contribution in [-0.4, -0.2) is 31.8 Å².